The number of hydrogen-bond donors (Lipinski definition) is 0. The maximum absolute atomic E-state index is 11.7. The zero-order chi connectivity index (χ0) is 16.3. The Bertz CT molecular complexity index is 667. The molecule has 1 unspecified atom stereocenters. The summed E-state index contributed by atoms with van der Waals surface area (Å²) >= 11 is 1.30. The third-order valence-corrected chi connectivity index (χ3v) is 4.08. The van der Waals surface area contributed by atoms with E-state index in [0.717, 1.165) is 5.56 Å². The van der Waals surface area contributed by atoms with Crippen LogP contribution >= 0.6 is 11.8 Å². The molecule has 0 fully saturated rings. The highest BCUT2D eigenvalue weighted by Crippen LogP contribution is 2.30. The first-order chi connectivity index (χ1) is 10.5. The lowest BCUT2D eigenvalue weighted by Gasteiger charge is -2.09. The van der Waals surface area contributed by atoms with Crippen LogP contribution in [0.15, 0.2) is 11.4 Å². The second-order valence-corrected chi connectivity index (χ2v) is 5.91. The second-order valence-electron chi connectivity index (χ2n) is 4.60. The van der Waals surface area contributed by atoms with Crippen molar-refractivity contribution in [1.29, 1.82) is 0 Å². The molecule has 0 aliphatic heterocycles. The van der Waals surface area contributed by atoms with E-state index in [0.29, 0.717) is 23.5 Å². The van der Waals surface area contributed by atoms with Crippen molar-refractivity contribution in [3.63, 3.8) is 0 Å². The largest absolute Gasteiger partial charge is 0.479 e. The Morgan fingerprint density at radius 2 is 2.14 bits per heavy atom. The highest BCUT2D eigenvalue weighted by Gasteiger charge is 2.22. The molecule has 0 aliphatic rings. The molecule has 22 heavy (non-hydrogen) atoms. The molecular formula is C13H19N5O3S. The van der Waals surface area contributed by atoms with Gasteiger partial charge in [0.2, 0.25) is 5.88 Å². The van der Waals surface area contributed by atoms with E-state index in [1.54, 1.807) is 37.3 Å². The van der Waals surface area contributed by atoms with E-state index >= 15 is 0 Å². The van der Waals surface area contributed by atoms with Crippen LogP contribution in [0.4, 0.5) is 0 Å². The van der Waals surface area contributed by atoms with Crippen LogP contribution in [-0.4, -0.2) is 49.5 Å². The van der Waals surface area contributed by atoms with Crippen molar-refractivity contribution in [3.05, 3.63) is 6.20 Å². The van der Waals surface area contributed by atoms with Gasteiger partial charge in [-0.15, -0.1) is 15.3 Å². The van der Waals surface area contributed by atoms with Gasteiger partial charge in [0.25, 0.3) is 0 Å². The molecule has 0 bridgehead atoms. The van der Waals surface area contributed by atoms with E-state index in [9.17, 15) is 4.79 Å². The van der Waals surface area contributed by atoms with Crippen LogP contribution in [0.5, 0.6) is 5.88 Å². The van der Waals surface area contributed by atoms with Gasteiger partial charge in [0.15, 0.2) is 11.0 Å². The summed E-state index contributed by atoms with van der Waals surface area (Å²) < 4.78 is 13.7. The number of hydrogen-bond acceptors (Lipinski definition) is 7. The Morgan fingerprint density at radius 3 is 2.77 bits per heavy atom. The SMILES string of the molecule is CCOC(=O)C(C)Sc1nnc(-c2cn(C)nc2OC)n1C. The summed E-state index contributed by atoms with van der Waals surface area (Å²) in [6.45, 7) is 3.92. The van der Waals surface area contributed by atoms with Crippen molar-refractivity contribution in [2.75, 3.05) is 13.7 Å². The first kappa shape index (κ1) is 16.3. The van der Waals surface area contributed by atoms with Gasteiger partial charge >= 0.3 is 5.97 Å². The number of esters is 1. The molecule has 0 aromatic carbocycles. The standard InChI is InChI=1S/C13H19N5O3S/c1-6-21-12(19)8(2)22-13-15-14-10(18(13)4)9-7-17(3)16-11(9)20-5/h7-8H,6H2,1-5H3. The van der Waals surface area contributed by atoms with Crippen LogP contribution in [0.3, 0.4) is 0 Å². The Hall–Kier alpha value is -2.03. The van der Waals surface area contributed by atoms with Crippen LogP contribution in [0.1, 0.15) is 13.8 Å². The number of thioether (sulfide) groups is 1. The molecule has 0 radical (unpaired) electrons. The summed E-state index contributed by atoms with van der Waals surface area (Å²) in [5, 5.41) is 12.8. The minimum atomic E-state index is -0.355. The molecule has 2 aromatic heterocycles. The molecule has 2 aromatic rings. The third kappa shape index (κ3) is 3.24. The molecule has 0 saturated carbocycles. The van der Waals surface area contributed by atoms with Gasteiger partial charge in [0, 0.05) is 20.3 Å². The van der Waals surface area contributed by atoms with E-state index in [-0.39, 0.29) is 11.2 Å². The molecule has 0 N–H and O–H groups in total. The number of rotatable bonds is 6. The van der Waals surface area contributed by atoms with Gasteiger partial charge in [-0.05, 0) is 13.8 Å². The fourth-order valence-electron chi connectivity index (χ4n) is 1.89. The van der Waals surface area contributed by atoms with Crippen molar-refractivity contribution >= 4 is 17.7 Å². The third-order valence-electron chi connectivity index (χ3n) is 2.96. The van der Waals surface area contributed by atoms with E-state index in [1.165, 1.54) is 11.8 Å². The summed E-state index contributed by atoms with van der Waals surface area (Å²) in [5.41, 5.74) is 0.746. The summed E-state index contributed by atoms with van der Waals surface area (Å²) in [5.74, 6) is 0.840. The molecular weight excluding hydrogens is 306 g/mol. The number of carbonyl (C=O) groups excluding carboxylic acids is 1. The minimum absolute atomic E-state index is 0.268. The van der Waals surface area contributed by atoms with E-state index < -0.39 is 0 Å². The molecule has 0 amide bonds. The predicted molar refractivity (Wildman–Crippen MR) is 81.7 cm³/mol. The molecule has 1 atom stereocenters. The summed E-state index contributed by atoms with van der Waals surface area (Å²) in [7, 11) is 5.20. The lowest BCUT2D eigenvalue weighted by atomic mass is 10.3. The number of aromatic nitrogens is 5. The molecule has 8 nitrogen and oxygen atoms in total. The Balaban J connectivity index is 2.24. The van der Waals surface area contributed by atoms with Gasteiger partial charge in [-0.2, -0.15) is 0 Å². The fraction of sp³-hybridized carbons (Fsp3) is 0.538. The highest BCUT2D eigenvalue weighted by atomic mass is 32.2. The zero-order valence-electron chi connectivity index (χ0n) is 13.2. The van der Waals surface area contributed by atoms with Gasteiger partial charge in [0.05, 0.1) is 13.7 Å². The molecule has 0 spiro atoms. The molecule has 2 heterocycles. The average Bonchev–Trinajstić information content (AvgIpc) is 3.02. The van der Waals surface area contributed by atoms with E-state index in [2.05, 4.69) is 15.3 Å². The number of carbonyl (C=O) groups is 1. The molecule has 2 rings (SSSR count). The average molecular weight is 325 g/mol. The van der Waals surface area contributed by atoms with Crippen molar-refractivity contribution in [3.8, 4) is 17.3 Å². The maximum atomic E-state index is 11.7. The van der Waals surface area contributed by atoms with Crippen molar-refractivity contribution in [1.82, 2.24) is 24.5 Å². The molecule has 120 valence electrons. The zero-order valence-corrected chi connectivity index (χ0v) is 14.0. The minimum Gasteiger partial charge on any atom is -0.479 e. The van der Waals surface area contributed by atoms with Crippen LogP contribution in [-0.2, 0) is 23.6 Å². The van der Waals surface area contributed by atoms with Gasteiger partial charge in [-0.3, -0.25) is 9.48 Å². The maximum Gasteiger partial charge on any atom is 0.319 e. The van der Waals surface area contributed by atoms with E-state index in [4.69, 9.17) is 9.47 Å². The Kier molecular flexibility index (Phi) is 5.07. The number of nitrogens with zero attached hydrogens (tertiary/aromatic N) is 5. The molecule has 9 heteroatoms. The quantitative estimate of drug-likeness (QED) is 0.584. The second kappa shape index (κ2) is 6.82. The molecule has 0 saturated heterocycles. The van der Waals surface area contributed by atoms with Gasteiger partial charge in [-0.1, -0.05) is 11.8 Å². The van der Waals surface area contributed by atoms with Crippen LogP contribution < -0.4 is 4.74 Å². The van der Waals surface area contributed by atoms with Gasteiger partial charge < -0.3 is 14.0 Å². The lowest BCUT2D eigenvalue weighted by Crippen LogP contribution is -2.17. The smallest absolute Gasteiger partial charge is 0.319 e. The van der Waals surface area contributed by atoms with Crippen LogP contribution in [0.25, 0.3) is 11.4 Å². The lowest BCUT2D eigenvalue weighted by molar-refractivity contribution is -0.142. The molecule has 0 aliphatic carbocycles. The van der Waals surface area contributed by atoms with Crippen molar-refractivity contribution < 1.29 is 14.3 Å². The van der Waals surface area contributed by atoms with E-state index in [1.807, 2.05) is 13.2 Å². The van der Waals surface area contributed by atoms with Crippen molar-refractivity contribution in [2.24, 2.45) is 14.1 Å². The normalized spacial score (nSPS) is 12.2. The summed E-state index contributed by atoms with van der Waals surface area (Å²) in [6, 6.07) is 0. The Labute approximate surface area is 132 Å². The summed E-state index contributed by atoms with van der Waals surface area (Å²) in [6.07, 6.45) is 1.81. The van der Waals surface area contributed by atoms with Crippen molar-refractivity contribution in [2.45, 2.75) is 24.3 Å². The first-order valence-corrected chi connectivity index (χ1v) is 7.66. The highest BCUT2D eigenvalue weighted by molar-refractivity contribution is 8.00. The fourth-order valence-corrected chi connectivity index (χ4v) is 2.70. The topological polar surface area (TPSA) is 84.1 Å². The van der Waals surface area contributed by atoms with Gasteiger partial charge in [-0.25, -0.2) is 0 Å². The predicted octanol–water partition coefficient (Wildman–Crippen LogP) is 1.27. The number of ether oxygens (including phenoxy) is 2. The first-order valence-electron chi connectivity index (χ1n) is 6.78. The number of aryl methyl sites for hydroxylation is 1. The van der Waals surface area contributed by atoms with Crippen LogP contribution in [0.2, 0.25) is 0 Å². The van der Waals surface area contributed by atoms with Crippen LogP contribution in [0, 0.1) is 0 Å². The monoisotopic (exact) mass is 325 g/mol. The summed E-state index contributed by atoms with van der Waals surface area (Å²) in [4.78, 5) is 11.7. The Morgan fingerprint density at radius 1 is 1.41 bits per heavy atom. The number of methoxy groups -OCH3 is 1. The van der Waals surface area contributed by atoms with Gasteiger partial charge in [0.1, 0.15) is 10.8 Å².